The Balaban J connectivity index is 2.12. The lowest BCUT2D eigenvalue weighted by molar-refractivity contribution is -0.112. The van der Waals surface area contributed by atoms with E-state index in [-0.39, 0.29) is 22.9 Å². The first-order valence-corrected chi connectivity index (χ1v) is 4.51. The molecule has 0 aliphatic heterocycles. The van der Waals surface area contributed by atoms with Crippen molar-refractivity contribution < 1.29 is 9.18 Å². The topological polar surface area (TPSA) is 17.1 Å². The van der Waals surface area contributed by atoms with E-state index in [1.54, 1.807) is 12.1 Å². The number of benzene rings is 1. The molecule has 1 aliphatic rings. The van der Waals surface area contributed by atoms with Crippen LogP contribution >= 0.6 is 11.6 Å². The van der Waals surface area contributed by atoms with Gasteiger partial charge >= 0.3 is 0 Å². The molecule has 1 aromatic rings. The van der Waals surface area contributed by atoms with Gasteiger partial charge in [-0.3, -0.25) is 4.79 Å². The van der Waals surface area contributed by atoms with E-state index in [2.05, 4.69) is 0 Å². The second kappa shape index (κ2) is 3.11. The average Bonchev–Trinajstić information content (AvgIpc) is 2.85. The zero-order valence-electron chi connectivity index (χ0n) is 6.84. The molecule has 0 spiro atoms. The Morgan fingerprint density at radius 3 is 2.46 bits per heavy atom. The monoisotopic (exact) mass is 198 g/mol. The molecule has 1 aliphatic carbocycles. The number of carbonyl (C=O) groups is 1. The normalized spacial score (nSPS) is 25.7. The van der Waals surface area contributed by atoms with Gasteiger partial charge in [0.15, 0.2) is 0 Å². The molecule has 0 bridgehead atoms. The quantitative estimate of drug-likeness (QED) is 0.668. The molecule has 0 aromatic heterocycles. The molecule has 1 aromatic carbocycles. The van der Waals surface area contributed by atoms with Crippen LogP contribution in [0.3, 0.4) is 0 Å². The van der Waals surface area contributed by atoms with Gasteiger partial charge in [-0.05, 0) is 41.6 Å². The van der Waals surface area contributed by atoms with Crippen LogP contribution in [0.5, 0.6) is 0 Å². The minimum Gasteiger partial charge on any atom is -0.281 e. The Hall–Kier alpha value is -0.890. The van der Waals surface area contributed by atoms with E-state index in [1.807, 2.05) is 0 Å². The van der Waals surface area contributed by atoms with E-state index in [1.165, 1.54) is 12.1 Å². The van der Waals surface area contributed by atoms with E-state index in [0.717, 1.165) is 12.0 Å². The van der Waals surface area contributed by atoms with Crippen LogP contribution in [0.1, 0.15) is 17.9 Å². The number of hydrogen-bond acceptors (Lipinski definition) is 1. The van der Waals surface area contributed by atoms with Gasteiger partial charge in [-0.1, -0.05) is 12.1 Å². The maximum atomic E-state index is 12.5. The van der Waals surface area contributed by atoms with Gasteiger partial charge in [-0.2, -0.15) is 0 Å². The molecule has 3 heteroatoms. The van der Waals surface area contributed by atoms with Gasteiger partial charge in [0.2, 0.25) is 5.24 Å². The van der Waals surface area contributed by atoms with Crippen molar-refractivity contribution in [1.29, 1.82) is 0 Å². The number of halogens is 2. The van der Waals surface area contributed by atoms with Crippen LogP contribution in [0.25, 0.3) is 0 Å². The number of hydrogen-bond donors (Lipinski definition) is 0. The van der Waals surface area contributed by atoms with E-state index in [9.17, 15) is 9.18 Å². The number of rotatable bonds is 2. The summed E-state index contributed by atoms with van der Waals surface area (Å²) in [7, 11) is 0. The molecule has 2 atom stereocenters. The van der Waals surface area contributed by atoms with Crippen LogP contribution in [0.4, 0.5) is 4.39 Å². The van der Waals surface area contributed by atoms with E-state index in [4.69, 9.17) is 11.6 Å². The van der Waals surface area contributed by atoms with Gasteiger partial charge in [-0.15, -0.1) is 0 Å². The zero-order valence-corrected chi connectivity index (χ0v) is 7.59. The fourth-order valence-electron chi connectivity index (χ4n) is 1.52. The molecule has 13 heavy (non-hydrogen) atoms. The first-order chi connectivity index (χ1) is 6.18. The van der Waals surface area contributed by atoms with Gasteiger partial charge in [-0.25, -0.2) is 4.39 Å². The highest BCUT2D eigenvalue weighted by Crippen LogP contribution is 2.48. The van der Waals surface area contributed by atoms with Crippen LogP contribution in [0, 0.1) is 11.7 Å². The van der Waals surface area contributed by atoms with Crippen LogP contribution in [-0.4, -0.2) is 5.24 Å². The third-order valence-corrected chi connectivity index (χ3v) is 2.66. The van der Waals surface area contributed by atoms with Gasteiger partial charge in [0, 0.05) is 5.92 Å². The Labute approximate surface area is 80.5 Å². The smallest absolute Gasteiger partial charge is 0.225 e. The van der Waals surface area contributed by atoms with Gasteiger partial charge in [0.05, 0.1) is 0 Å². The van der Waals surface area contributed by atoms with Crippen molar-refractivity contribution in [3.05, 3.63) is 35.6 Å². The standard InChI is InChI=1S/C10H8ClFO/c11-10(13)9-5-8(9)6-1-3-7(12)4-2-6/h1-4,8-9H,5H2. The van der Waals surface area contributed by atoms with Gasteiger partial charge < -0.3 is 0 Å². The van der Waals surface area contributed by atoms with E-state index in [0.29, 0.717) is 0 Å². The molecule has 0 radical (unpaired) electrons. The zero-order chi connectivity index (χ0) is 9.42. The summed E-state index contributed by atoms with van der Waals surface area (Å²) in [5, 5.41) is -0.283. The molecule has 1 fully saturated rings. The Morgan fingerprint density at radius 1 is 1.38 bits per heavy atom. The van der Waals surface area contributed by atoms with Crippen molar-refractivity contribution in [2.75, 3.05) is 0 Å². The van der Waals surface area contributed by atoms with Crippen molar-refractivity contribution in [3.63, 3.8) is 0 Å². The van der Waals surface area contributed by atoms with E-state index >= 15 is 0 Å². The Morgan fingerprint density at radius 2 is 2.00 bits per heavy atom. The summed E-state index contributed by atoms with van der Waals surface area (Å²) in [6.45, 7) is 0. The fourth-order valence-corrected chi connectivity index (χ4v) is 1.77. The lowest BCUT2D eigenvalue weighted by Crippen LogP contribution is -1.91. The Kier molecular flexibility index (Phi) is 2.08. The largest absolute Gasteiger partial charge is 0.281 e. The molecule has 68 valence electrons. The molecular weight excluding hydrogens is 191 g/mol. The maximum absolute atomic E-state index is 12.5. The summed E-state index contributed by atoms with van der Waals surface area (Å²) in [4.78, 5) is 10.7. The summed E-state index contributed by atoms with van der Waals surface area (Å²) >= 11 is 5.34. The van der Waals surface area contributed by atoms with Crippen molar-refractivity contribution >= 4 is 16.8 Å². The van der Waals surface area contributed by atoms with Crippen LogP contribution in [0.15, 0.2) is 24.3 Å². The highest BCUT2D eigenvalue weighted by Gasteiger charge is 2.42. The molecule has 0 saturated heterocycles. The summed E-state index contributed by atoms with van der Waals surface area (Å²) < 4.78 is 12.5. The van der Waals surface area contributed by atoms with Gasteiger partial charge in [0.25, 0.3) is 0 Å². The summed E-state index contributed by atoms with van der Waals surface area (Å²) in [5.41, 5.74) is 1.00. The Bertz CT molecular complexity index is 333. The fraction of sp³-hybridized carbons (Fsp3) is 0.300. The predicted octanol–water partition coefficient (Wildman–Crippen LogP) is 2.69. The lowest BCUT2D eigenvalue weighted by atomic mass is 10.1. The molecule has 0 amide bonds. The van der Waals surface area contributed by atoms with Crippen LogP contribution in [0.2, 0.25) is 0 Å². The minimum atomic E-state index is -0.283. The molecule has 0 heterocycles. The second-order valence-corrected chi connectivity index (χ2v) is 3.68. The highest BCUT2D eigenvalue weighted by atomic mass is 35.5. The van der Waals surface area contributed by atoms with Crippen molar-refractivity contribution in [2.45, 2.75) is 12.3 Å². The molecular formula is C10H8ClFO. The lowest BCUT2D eigenvalue weighted by Gasteiger charge is -1.96. The van der Waals surface area contributed by atoms with Crippen molar-refractivity contribution in [2.24, 2.45) is 5.92 Å². The summed E-state index contributed by atoms with van der Waals surface area (Å²) in [6, 6.07) is 6.23. The highest BCUT2D eigenvalue weighted by molar-refractivity contribution is 6.64. The molecule has 2 unspecified atom stereocenters. The molecule has 1 saturated carbocycles. The molecule has 1 nitrogen and oxygen atoms in total. The average molecular weight is 199 g/mol. The van der Waals surface area contributed by atoms with E-state index < -0.39 is 0 Å². The van der Waals surface area contributed by atoms with Crippen molar-refractivity contribution in [1.82, 2.24) is 0 Å². The first-order valence-electron chi connectivity index (χ1n) is 4.13. The molecule has 0 N–H and O–H groups in total. The summed E-state index contributed by atoms with van der Waals surface area (Å²) in [5.74, 6) is -0.0872. The maximum Gasteiger partial charge on any atom is 0.225 e. The second-order valence-electron chi connectivity index (χ2n) is 3.30. The van der Waals surface area contributed by atoms with Crippen LogP contribution < -0.4 is 0 Å². The minimum absolute atomic E-state index is 0.0490. The predicted molar refractivity (Wildman–Crippen MR) is 48.1 cm³/mol. The molecule has 2 rings (SSSR count). The van der Waals surface area contributed by atoms with Crippen LogP contribution in [-0.2, 0) is 4.79 Å². The SMILES string of the molecule is O=C(Cl)C1CC1c1ccc(F)cc1. The third-order valence-electron chi connectivity index (χ3n) is 2.38. The third kappa shape index (κ3) is 1.73. The van der Waals surface area contributed by atoms with Crippen molar-refractivity contribution in [3.8, 4) is 0 Å². The van der Waals surface area contributed by atoms with Gasteiger partial charge in [0.1, 0.15) is 5.82 Å². The summed E-state index contributed by atoms with van der Waals surface area (Å²) in [6.07, 6.45) is 0.800. The number of carbonyl (C=O) groups excluding carboxylic acids is 1. The first kappa shape index (κ1) is 8.70.